The van der Waals surface area contributed by atoms with E-state index in [2.05, 4.69) is 27.4 Å². The van der Waals surface area contributed by atoms with E-state index >= 15 is 0 Å². The first-order valence-electron chi connectivity index (χ1n) is 13.2. The lowest BCUT2D eigenvalue weighted by atomic mass is 9.67. The smallest absolute Gasteiger partial charge is 0.252 e. The highest BCUT2D eigenvalue weighted by Gasteiger charge is 2.48. The molecule has 2 N–H and O–H groups in total. The molecular formula is C25H42N4O3. The van der Waals surface area contributed by atoms with Crippen LogP contribution in [0.4, 0.5) is 0 Å². The molecule has 0 aromatic rings. The summed E-state index contributed by atoms with van der Waals surface area (Å²) in [7, 11) is 0. The lowest BCUT2D eigenvalue weighted by molar-refractivity contribution is -0.160. The fourth-order valence-electron chi connectivity index (χ4n) is 7.65. The van der Waals surface area contributed by atoms with Crippen LogP contribution in [0.2, 0.25) is 0 Å². The molecule has 5 aliphatic rings. The van der Waals surface area contributed by atoms with Crippen molar-refractivity contribution in [3.8, 4) is 0 Å². The van der Waals surface area contributed by atoms with Gasteiger partial charge in [0, 0.05) is 39.2 Å². The highest BCUT2D eigenvalue weighted by atomic mass is 16.5. The van der Waals surface area contributed by atoms with Crippen LogP contribution < -0.4 is 10.6 Å². The maximum absolute atomic E-state index is 13.4. The molecule has 2 aliphatic carbocycles. The predicted octanol–water partition coefficient (Wildman–Crippen LogP) is 2.11. The second-order valence-corrected chi connectivity index (χ2v) is 11.0. The molecule has 3 aliphatic heterocycles. The average Bonchev–Trinajstić information content (AvgIpc) is 3.52. The SMILES string of the molecule is CC(=O)N1C2CCC(C3CCC(C4NCCN4)CC3)CC2N(C(=O)C2CCCO2)C[C@@H]1C. The van der Waals surface area contributed by atoms with Gasteiger partial charge in [0.2, 0.25) is 5.91 Å². The Bertz CT molecular complexity index is 683. The van der Waals surface area contributed by atoms with Gasteiger partial charge >= 0.3 is 0 Å². The van der Waals surface area contributed by atoms with Crippen molar-refractivity contribution in [3.63, 3.8) is 0 Å². The molecule has 32 heavy (non-hydrogen) atoms. The Hall–Kier alpha value is -1.18. The van der Waals surface area contributed by atoms with E-state index in [9.17, 15) is 9.59 Å². The Balaban J connectivity index is 1.27. The zero-order valence-corrected chi connectivity index (χ0v) is 19.9. The summed E-state index contributed by atoms with van der Waals surface area (Å²) in [5, 5.41) is 7.24. The summed E-state index contributed by atoms with van der Waals surface area (Å²) in [4.78, 5) is 30.2. The number of piperazine rings is 1. The molecule has 0 spiro atoms. The Kier molecular flexibility index (Phi) is 6.77. The quantitative estimate of drug-likeness (QED) is 0.695. The molecule has 0 aromatic heterocycles. The Morgan fingerprint density at radius 3 is 2.22 bits per heavy atom. The van der Waals surface area contributed by atoms with Crippen LogP contribution in [0.3, 0.4) is 0 Å². The molecule has 180 valence electrons. The van der Waals surface area contributed by atoms with Gasteiger partial charge in [0.1, 0.15) is 6.10 Å². The molecule has 0 bridgehead atoms. The fraction of sp³-hybridized carbons (Fsp3) is 0.920. The van der Waals surface area contributed by atoms with Gasteiger partial charge in [-0.05, 0) is 82.5 Å². The summed E-state index contributed by atoms with van der Waals surface area (Å²) in [6.45, 7) is 7.34. The van der Waals surface area contributed by atoms with Crippen LogP contribution in [0.5, 0.6) is 0 Å². The third-order valence-corrected chi connectivity index (χ3v) is 9.17. The third-order valence-electron chi connectivity index (χ3n) is 9.17. The van der Waals surface area contributed by atoms with Crippen LogP contribution >= 0.6 is 0 Å². The Morgan fingerprint density at radius 2 is 1.56 bits per heavy atom. The lowest BCUT2D eigenvalue weighted by Crippen LogP contribution is -2.68. The summed E-state index contributed by atoms with van der Waals surface area (Å²) >= 11 is 0. The van der Waals surface area contributed by atoms with E-state index in [1.165, 1.54) is 32.1 Å². The number of nitrogens with zero attached hydrogens (tertiary/aromatic N) is 2. The molecule has 2 amide bonds. The van der Waals surface area contributed by atoms with E-state index in [-0.39, 0.29) is 36.0 Å². The van der Waals surface area contributed by atoms with Crippen molar-refractivity contribution >= 4 is 11.8 Å². The average molecular weight is 447 g/mol. The molecule has 5 atom stereocenters. The normalized spacial score (nSPS) is 41.0. The molecule has 7 heteroatoms. The molecule has 7 nitrogen and oxygen atoms in total. The molecule has 2 saturated carbocycles. The maximum Gasteiger partial charge on any atom is 0.252 e. The Labute approximate surface area is 193 Å². The fourth-order valence-corrected chi connectivity index (χ4v) is 7.65. The van der Waals surface area contributed by atoms with Crippen molar-refractivity contribution < 1.29 is 14.3 Å². The third kappa shape index (κ3) is 4.32. The summed E-state index contributed by atoms with van der Waals surface area (Å²) in [5.74, 6) is 2.52. The van der Waals surface area contributed by atoms with Crippen LogP contribution in [-0.2, 0) is 14.3 Å². The van der Waals surface area contributed by atoms with E-state index in [1.807, 2.05) is 0 Å². The van der Waals surface area contributed by atoms with Crippen molar-refractivity contribution in [2.75, 3.05) is 26.2 Å². The first kappa shape index (κ1) is 22.6. The van der Waals surface area contributed by atoms with Crippen LogP contribution in [0, 0.1) is 17.8 Å². The summed E-state index contributed by atoms with van der Waals surface area (Å²) in [5.41, 5.74) is 0. The molecule has 0 radical (unpaired) electrons. The number of amides is 2. The number of nitrogens with one attached hydrogen (secondary N) is 2. The lowest BCUT2D eigenvalue weighted by Gasteiger charge is -2.55. The predicted molar refractivity (Wildman–Crippen MR) is 123 cm³/mol. The summed E-state index contributed by atoms with van der Waals surface area (Å²) in [6.07, 6.45) is 10.5. The standard InChI is InChI=1S/C25H42N4O3/c1-16-15-28(25(31)23-4-3-13-32-23)22-14-20(9-10-21(22)29(16)17(2)30)18-5-7-19(8-6-18)24-26-11-12-27-24/h16,18-24,26-27H,3-15H2,1-2H3/t16-,18?,19?,20?,21?,22?,23?/m0/s1. The van der Waals surface area contributed by atoms with Crippen LogP contribution in [0.1, 0.15) is 71.6 Å². The molecular weight excluding hydrogens is 404 g/mol. The Morgan fingerprint density at radius 1 is 0.875 bits per heavy atom. The number of ether oxygens (including phenoxy) is 1. The van der Waals surface area contributed by atoms with Gasteiger partial charge in [-0.1, -0.05) is 0 Å². The highest BCUT2D eigenvalue weighted by Crippen LogP contribution is 2.44. The van der Waals surface area contributed by atoms with Crippen molar-refractivity contribution in [1.29, 1.82) is 0 Å². The van der Waals surface area contributed by atoms with E-state index in [1.54, 1.807) is 6.92 Å². The number of carbonyl (C=O) groups is 2. The maximum atomic E-state index is 13.4. The second kappa shape index (κ2) is 9.59. The summed E-state index contributed by atoms with van der Waals surface area (Å²) in [6, 6.07) is 0.403. The summed E-state index contributed by atoms with van der Waals surface area (Å²) < 4.78 is 5.78. The van der Waals surface area contributed by atoms with Crippen molar-refractivity contribution in [2.45, 2.75) is 102 Å². The number of fused-ring (bicyclic) bond motifs is 1. The molecule has 3 saturated heterocycles. The number of hydrogen-bond donors (Lipinski definition) is 2. The molecule has 0 aromatic carbocycles. The molecule has 5 fully saturated rings. The van der Waals surface area contributed by atoms with Gasteiger partial charge in [0.25, 0.3) is 5.91 Å². The van der Waals surface area contributed by atoms with Crippen LogP contribution in [0.15, 0.2) is 0 Å². The van der Waals surface area contributed by atoms with Gasteiger partial charge in [-0.2, -0.15) is 0 Å². The monoisotopic (exact) mass is 446 g/mol. The van der Waals surface area contributed by atoms with Crippen LogP contribution in [-0.4, -0.2) is 78.3 Å². The van der Waals surface area contributed by atoms with Crippen molar-refractivity contribution in [2.24, 2.45) is 17.8 Å². The van der Waals surface area contributed by atoms with Gasteiger partial charge in [-0.3, -0.25) is 9.59 Å². The highest BCUT2D eigenvalue weighted by molar-refractivity contribution is 5.82. The minimum Gasteiger partial charge on any atom is -0.368 e. The van der Waals surface area contributed by atoms with Gasteiger partial charge in [-0.25, -0.2) is 0 Å². The largest absolute Gasteiger partial charge is 0.368 e. The zero-order chi connectivity index (χ0) is 22.2. The van der Waals surface area contributed by atoms with Crippen molar-refractivity contribution in [3.05, 3.63) is 0 Å². The van der Waals surface area contributed by atoms with Crippen LogP contribution in [0.25, 0.3) is 0 Å². The molecule has 4 unspecified atom stereocenters. The van der Waals surface area contributed by atoms with Gasteiger partial charge in [0.15, 0.2) is 0 Å². The number of carbonyl (C=O) groups excluding carboxylic acids is 2. The molecule has 5 rings (SSSR count). The van der Waals surface area contributed by atoms with E-state index < -0.39 is 0 Å². The second-order valence-electron chi connectivity index (χ2n) is 11.0. The molecule has 3 heterocycles. The van der Waals surface area contributed by atoms with Gasteiger partial charge in [0.05, 0.1) is 18.2 Å². The minimum absolute atomic E-state index is 0.0810. The first-order valence-corrected chi connectivity index (χ1v) is 13.2. The van der Waals surface area contributed by atoms with E-state index in [0.29, 0.717) is 25.2 Å². The van der Waals surface area contributed by atoms with Gasteiger partial charge < -0.3 is 25.2 Å². The first-order chi connectivity index (χ1) is 15.5. The minimum atomic E-state index is -0.269. The zero-order valence-electron chi connectivity index (χ0n) is 19.9. The van der Waals surface area contributed by atoms with E-state index in [4.69, 9.17) is 4.74 Å². The van der Waals surface area contributed by atoms with Crippen molar-refractivity contribution in [1.82, 2.24) is 20.4 Å². The number of hydrogen-bond acceptors (Lipinski definition) is 5. The topological polar surface area (TPSA) is 73.9 Å². The van der Waals surface area contributed by atoms with E-state index in [0.717, 1.165) is 50.6 Å². The van der Waals surface area contributed by atoms with Gasteiger partial charge in [-0.15, -0.1) is 0 Å². The number of rotatable bonds is 3.